The molecule has 1 amide bonds. The zero-order valence-electron chi connectivity index (χ0n) is 13.1. The third kappa shape index (κ3) is 3.27. The summed E-state index contributed by atoms with van der Waals surface area (Å²) in [4.78, 5) is 13.8. The molecule has 21 heavy (non-hydrogen) atoms. The third-order valence-electron chi connectivity index (χ3n) is 3.62. The topological polar surface area (TPSA) is 58.3 Å². The number of carbonyl (C=O) groups is 1. The lowest BCUT2D eigenvalue weighted by Crippen LogP contribution is -2.25. The summed E-state index contributed by atoms with van der Waals surface area (Å²) in [5.74, 6) is 0.423. The smallest absolute Gasteiger partial charge is 0.270 e. The van der Waals surface area contributed by atoms with Crippen LogP contribution in [-0.2, 0) is 0 Å². The Bertz CT molecular complexity index is 534. The number of amides is 1. The fourth-order valence-electron chi connectivity index (χ4n) is 2.71. The van der Waals surface area contributed by atoms with Crippen LogP contribution in [0, 0.1) is 11.3 Å². The first kappa shape index (κ1) is 16.8. The number of nitriles is 1. The first-order valence-electron chi connectivity index (χ1n) is 7.01. The van der Waals surface area contributed by atoms with Crippen LogP contribution >= 0.6 is 0 Å². The van der Waals surface area contributed by atoms with E-state index in [0.29, 0.717) is 17.1 Å². The van der Waals surface area contributed by atoms with Gasteiger partial charge in [-0.1, -0.05) is 12.8 Å². The van der Waals surface area contributed by atoms with Gasteiger partial charge in [0.25, 0.3) is 5.91 Å². The molecule has 0 unspecified atom stereocenters. The molecule has 1 heterocycles. The predicted molar refractivity (Wildman–Crippen MR) is 82.5 cm³/mol. The highest BCUT2D eigenvalue weighted by atomic mass is 16.5. The largest absolute Gasteiger partial charge is 0.481 e. The summed E-state index contributed by atoms with van der Waals surface area (Å²) in [7, 11) is 4.98. The van der Waals surface area contributed by atoms with E-state index in [1.165, 1.54) is 4.90 Å². The molecule has 114 valence electrons. The maximum atomic E-state index is 12.3. The molecule has 1 aliphatic rings. The summed E-state index contributed by atoms with van der Waals surface area (Å²) in [5.41, 5.74) is 0.977. The van der Waals surface area contributed by atoms with Crippen molar-refractivity contribution in [1.29, 1.82) is 5.26 Å². The number of hydrogen-bond donors (Lipinski definition) is 0. The van der Waals surface area contributed by atoms with Gasteiger partial charge in [-0.15, -0.1) is 13.2 Å². The average Bonchev–Trinajstić information content (AvgIpc) is 3.14. The second-order valence-electron chi connectivity index (χ2n) is 5.07. The fraction of sp³-hybridized carbons (Fsp3) is 0.500. The molecule has 0 saturated heterocycles. The van der Waals surface area contributed by atoms with Gasteiger partial charge in [0.2, 0.25) is 5.88 Å². The molecule has 1 aliphatic carbocycles. The molecule has 1 aromatic heterocycles. The molecule has 0 radical (unpaired) electrons. The lowest BCUT2D eigenvalue weighted by Gasteiger charge is -2.20. The molecule has 1 fully saturated rings. The van der Waals surface area contributed by atoms with Crippen LogP contribution in [0.3, 0.4) is 0 Å². The molecular weight excluding hydrogens is 266 g/mol. The minimum atomic E-state index is -0.0910. The highest BCUT2D eigenvalue weighted by Crippen LogP contribution is 2.37. The van der Waals surface area contributed by atoms with Crippen molar-refractivity contribution < 1.29 is 9.53 Å². The van der Waals surface area contributed by atoms with Gasteiger partial charge in [-0.25, -0.2) is 0 Å². The monoisotopic (exact) mass is 289 g/mol. The van der Waals surface area contributed by atoms with Crippen molar-refractivity contribution in [2.24, 2.45) is 0 Å². The second-order valence-corrected chi connectivity index (χ2v) is 5.07. The molecule has 5 heteroatoms. The summed E-state index contributed by atoms with van der Waals surface area (Å²) in [6, 6.07) is 4.01. The van der Waals surface area contributed by atoms with E-state index in [2.05, 4.69) is 19.2 Å². The van der Waals surface area contributed by atoms with E-state index in [9.17, 15) is 10.1 Å². The van der Waals surface area contributed by atoms with Gasteiger partial charge < -0.3 is 14.2 Å². The van der Waals surface area contributed by atoms with Crippen LogP contribution in [0.5, 0.6) is 5.88 Å². The lowest BCUT2D eigenvalue weighted by atomic mass is 10.2. The van der Waals surface area contributed by atoms with Crippen LogP contribution in [0.15, 0.2) is 19.2 Å². The van der Waals surface area contributed by atoms with Crippen LogP contribution < -0.4 is 4.74 Å². The molecule has 0 atom stereocenters. The Labute approximate surface area is 126 Å². The third-order valence-corrected chi connectivity index (χ3v) is 3.62. The molecule has 1 aromatic rings. The molecule has 0 aromatic carbocycles. The summed E-state index contributed by atoms with van der Waals surface area (Å²) >= 11 is 0. The van der Waals surface area contributed by atoms with Crippen molar-refractivity contribution >= 4 is 5.91 Å². The Hall–Kier alpha value is -2.22. The van der Waals surface area contributed by atoms with E-state index in [4.69, 9.17) is 4.74 Å². The summed E-state index contributed by atoms with van der Waals surface area (Å²) in [6.07, 6.45) is 4.38. The quantitative estimate of drug-likeness (QED) is 0.804. The highest BCUT2D eigenvalue weighted by Gasteiger charge is 2.28. The van der Waals surface area contributed by atoms with Crippen molar-refractivity contribution in [3.63, 3.8) is 0 Å². The number of rotatable bonds is 3. The van der Waals surface area contributed by atoms with Gasteiger partial charge in [-0.3, -0.25) is 4.79 Å². The van der Waals surface area contributed by atoms with Crippen LogP contribution in [0.2, 0.25) is 0 Å². The Morgan fingerprint density at radius 2 is 2.00 bits per heavy atom. The summed E-state index contributed by atoms with van der Waals surface area (Å²) < 4.78 is 7.27. The molecule has 2 rings (SSSR count). The summed E-state index contributed by atoms with van der Waals surface area (Å²) in [5, 5.41) is 9.18. The van der Waals surface area contributed by atoms with Crippen molar-refractivity contribution in [3.05, 3.63) is 30.5 Å². The summed E-state index contributed by atoms with van der Waals surface area (Å²) in [6.45, 7) is 6.00. The predicted octanol–water partition coefficient (Wildman–Crippen LogP) is 2.99. The van der Waals surface area contributed by atoms with Gasteiger partial charge in [-0.05, 0) is 18.9 Å². The Balaban J connectivity index is 0.00000106. The maximum absolute atomic E-state index is 12.3. The van der Waals surface area contributed by atoms with E-state index < -0.39 is 0 Å². The second kappa shape index (κ2) is 7.53. The molecule has 0 spiro atoms. The van der Waals surface area contributed by atoms with Gasteiger partial charge >= 0.3 is 0 Å². The Kier molecular flexibility index (Phi) is 6.04. The van der Waals surface area contributed by atoms with E-state index in [-0.39, 0.29) is 11.9 Å². The molecular formula is C16H23N3O2. The van der Waals surface area contributed by atoms with Crippen LogP contribution in [0.25, 0.3) is 0 Å². The average molecular weight is 289 g/mol. The molecule has 0 N–H and O–H groups in total. The van der Waals surface area contributed by atoms with Gasteiger partial charge in [0.05, 0.1) is 7.11 Å². The maximum Gasteiger partial charge on any atom is 0.270 e. The molecule has 1 saturated carbocycles. The van der Waals surface area contributed by atoms with Crippen LogP contribution in [0.4, 0.5) is 0 Å². The normalized spacial score (nSPS) is 14.0. The molecule has 5 nitrogen and oxygen atoms in total. The van der Waals surface area contributed by atoms with Crippen LogP contribution in [0.1, 0.15) is 47.8 Å². The van der Waals surface area contributed by atoms with Gasteiger partial charge in [0.1, 0.15) is 17.3 Å². The van der Waals surface area contributed by atoms with Crippen LogP contribution in [-0.4, -0.2) is 36.6 Å². The van der Waals surface area contributed by atoms with E-state index in [1.807, 2.05) is 4.57 Å². The standard InChI is InChI=1S/C14H19N3O2.C2H4/c1-16(2)13(18)12-8-10(9-15)14(19-3)17(12)11-6-4-5-7-11;1-2/h8,11H,4-7H2,1-3H3;1-2H2. The fourth-order valence-corrected chi connectivity index (χ4v) is 2.71. The SMILES string of the molecule is C=C.COc1c(C#N)cc(C(=O)N(C)C)n1C1CCCC1. The van der Waals surface area contributed by atoms with E-state index in [0.717, 1.165) is 25.7 Å². The number of methoxy groups -OCH3 is 1. The van der Waals surface area contributed by atoms with Crippen molar-refractivity contribution in [3.8, 4) is 11.9 Å². The number of ether oxygens (including phenoxy) is 1. The van der Waals surface area contributed by atoms with E-state index in [1.54, 1.807) is 27.3 Å². The zero-order chi connectivity index (χ0) is 16.0. The number of nitrogens with zero attached hydrogens (tertiary/aromatic N) is 3. The minimum Gasteiger partial charge on any atom is -0.481 e. The Morgan fingerprint density at radius 3 is 2.43 bits per heavy atom. The minimum absolute atomic E-state index is 0.0910. The van der Waals surface area contributed by atoms with Crippen molar-refractivity contribution in [2.45, 2.75) is 31.7 Å². The zero-order valence-corrected chi connectivity index (χ0v) is 13.1. The first-order valence-corrected chi connectivity index (χ1v) is 7.01. The number of aromatic nitrogens is 1. The van der Waals surface area contributed by atoms with Gasteiger partial charge in [-0.2, -0.15) is 5.26 Å². The Morgan fingerprint density at radius 1 is 1.43 bits per heavy atom. The number of hydrogen-bond acceptors (Lipinski definition) is 3. The van der Waals surface area contributed by atoms with Gasteiger partial charge in [0, 0.05) is 20.1 Å². The van der Waals surface area contributed by atoms with E-state index >= 15 is 0 Å². The number of carbonyl (C=O) groups excluding carboxylic acids is 1. The first-order chi connectivity index (χ1) is 10.1. The highest BCUT2D eigenvalue weighted by molar-refractivity contribution is 5.93. The molecule has 0 bridgehead atoms. The molecule has 0 aliphatic heterocycles. The van der Waals surface area contributed by atoms with Gasteiger partial charge in [0.15, 0.2) is 0 Å². The van der Waals surface area contributed by atoms with Crippen molar-refractivity contribution in [1.82, 2.24) is 9.47 Å². The van der Waals surface area contributed by atoms with Crippen molar-refractivity contribution in [2.75, 3.05) is 21.2 Å². The lowest BCUT2D eigenvalue weighted by molar-refractivity contribution is 0.0813.